The minimum Gasteiger partial charge on any atom is -0.354 e. The van der Waals surface area contributed by atoms with Gasteiger partial charge in [0, 0.05) is 31.4 Å². The molecule has 36 heavy (non-hydrogen) atoms. The zero-order valence-corrected chi connectivity index (χ0v) is 21.6. The first-order valence-electron chi connectivity index (χ1n) is 12.5. The summed E-state index contributed by atoms with van der Waals surface area (Å²) in [5.74, 6) is -0.322. The van der Waals surface area contributed by atoms with Gasteiger partial charge in [0.25, 0.3) is 10.0 Å². The number of hydrogen-bond acceptors (Lipinski definition) is 4. The lowest BCUT2D eigenvalue weighted by Gasteiger charge is -2.31. The van der Waals surface area contributed by atoms with Gasteiger partial charge in [0.05, 0.1) is 10.6 Å². The van der Waals surface area contributed by atoms with E-state index < -0.39 is 16.1 Å². The quantitative estimate of drug-likeness (QED) is 0.415. The molecule has 0 bridgehead atoms. The first kappa shape index (κ1) is 25.7. The lowest BCUT2D eigenvalue weighted by molar-refractivity contribution is -0.141. The topological polar surface area (TPSA) is 86.8 Å². The summed E-state index contributed by atoms with van der Waals surface area (Å²) in [6, 6.07) is 19.9. The molecule has 3 aromatic rings. The summed E-state index contributed by atoms with van der Waals surface area (Å²) in [5.41, 5.74) is 1.60. The van der Waals surface area contributed by atoms with E-state index in [1.54, 1.807) is 17.0 Å². The fourth-order valence-corrected chi connectivity index (χ4v) is 6.53. The third kappa shape index (κ3) is 5.09. The van der Waals surface area contributed by atoms with Crippen LogP contribution in [0.4, 0.5) is 5.69 Å². The zero-order chi connectivity index (χ0) is 25.7. The third-order valence-corrected chi connectivity index (χ3v) is 8.42. The van der Waals surface area contributed by atoms with E-state index >= 15 is 0 Å². The van der Waals surface area contributed by atoms with Gasteiger partial charge in [-0.3, -0.25) is 13.9 Å². The van der Waals surface area contributed by atoms with E-state index in [0.29, 0.717) is 36.5 Å². The maximum atomic E-state index is 13.4. The van der Waals surface area contributed by atoms with Crippen molar-refractivity contribution in [2.45, 2.75) is 57.0 Å². The van der Waals surface area contributed by atoms with E-state index in [4.69, 9.17) is 0 Å². The Kier molecular flexibility index (Phi) is 7.94. The van der Waals surface area contributed by atoms with E-state index in [1.165, 1.54) is 4.31 Å². The third-order valence-electron chi connectivity index (χ3n) is 6.56. The lowest BCUT2D eigenvalue weighted by Crippen LogP contribution is -2.49. The van der Waals surface area contributed by atoms with Gasteiger partial charge < -0.3 is 10.2 Å². The molecule has 0 aromatic heterocycles. The number of hydrogen-bond donors (Lipinski definition) is 1. The van der Waals surface area contributed by atoms with Crippen molar-refractivity contribution in [1.29, 1.82) is 0 Å². The summed E-state index contributed by atoms with van der Waals surface area (Å²) in [4.78, 5) is 28.3. The van der Waals surface area contributed by atoms with Crippen molar-refractivity contribution < 1.29 is 18.0 Å². The van der Waals surface area contributed by atoms with E-state index in [0.717, 1.165) is 22.8 Å². The summed E-state index contributed by atoms with van der Waals surface area (Å²) >= 11 is 0. The van der Waals surface area contributed by atoms with Crippen LogP contribution in [0.25, 0.3) is 10.8 Å². The second-order valence-corrected chi connectivity index (χ2v) is 10.9. The summed E-state index contributed by atoms with van der Waals surface area (Å²) in [6.45, 7) is 4.96. The molecule has 0 saturated heterocycles. The minimum absolute atomic E-state index is 0.142. The Labute approximate surface area is 213 Å². The summed E-state index contributed by atoms with van der Waals surface area (Å²) in [6.07, 6.45) is 1.80. The number of carbonyl (C=O) groups excluding carboxylic acids is 2. The van der Waals surface area contributed by atoms with Gasteiger partial charge in [0.1, 0.15) is 6.04 Å². The van der Waals surface area contributed by atoms with Crippen molar-refractivity contribution in [1.82, 2.24) is 10.2 Å². The summed E-state index contributed by atoms with van der Waals surface area (Å²) in [7, 11) is -3.67. The van der Waals surface area contributed by atoms with Gasteiger partial charge >= 0.3 is 0 Å². The fraction of sp³-hybridized carbons (Fsp3) is 0.357. The zero-order valence-electron chi connectivity index (χ0n) is 20.8. The van der Waals surface area contributed by atoms with Gasteiger partial charge in [-0.1, -0.05) is 68.4 Å². The molecular weight excluding hydrogens is 474 g/mol. The molecule has 2 amide bonds. The number of carbonyl (C=O) groups is 2. The number of nitrogens with zero attached hydrogens (tertiary/aromatic N) is 2. The molecule has 0 aliphatic carbocycles. The highest BCUT2D eigenvalue weighted by atomic mass is 32.2. The molecule has 8 heteroatoms. The number of nitrogens with one attached hydrogen (secondary N) is 1. The minimum atomic E-state index is -3.67. The average molecular weight is 508 g/mol. The summed E-state index contributed by atoms with van der Waals surface area (Å²) in [5, 5.41) is 4.53. The summed E-state index contributed by atoms with van der Waals surface area (Å²) < 4.78 is 27.9. The predicted molar refractivity (Wildman–Crippen MR) is 142 cm³/mol. The average Bonchev–Trinajstić information content (AvgIpc) is 3.11. The van der Waals surface area contributed by atoms with Crippen molar-refractivity contribution in [3.8, 4) is 0 Å². The number of rotatable bonds is 11. The van der Waals surface area contributed by atoms with Crippen LogP contribution in [0.1, 0.15) is 45.1 Å². The van der Waals surface area contributed by atoms with Gasteiger partial charge in [-0.15, -0.1) is 0 Å². The number of anilines is 1. The van der Waals surface area contributed by atoms with Crippen molar-refractivity contribution >= 4 is 38.3 Å². The van der Waals surface area contributed by atoms with E-state index in [2.05, 4.69) is 5.32 Å². The second kappa shape index (κ2) is 11.1. The second-order valence-electron chi connectivity index (χ2n) is 9.03. The highest BCUT2D eigenvalue weighted by Gasteiger charge is 2.35. The molecule has 190 valence electrons. The van der Waals surface area contributed by atoms with Crippen LogP contribution in [-0.4, -0.2) is 44.3 Å². The van der Waals surface area contributed by atoms with Crippen LogP contribution >= 0.6 is 0 Å². The Bertz CT molecular complexity index is 1340. The maximum absolute atomic E-state index is 13.4. The molecule has 0 fully saturated rings. The Morgan fingerprint density at radius 1 is 0.972 bits per heavy atom. The van der Waals surface area contributed by atoms with Crippen LogP contribution in [0.5, 0.6) is 0 Å². The van der Waals surface area contributed by atoms with Crippen LogP contribution in [0.3, 0.4) is 0 Å². The predicted octanol–water partition coefficient (Wildman–Crippen LogP) is 4.46. The maximum Gasteiger partial charge on any atom is 0.265 e. The molecule has 1 atom stereocenters. The molecule has 0 saturated carbocycles. The SMILES string of the molecule is CCCNC(=O)[C@@H](CC)N(Cc1ccccc1)C(=O)CCCN1c2cccc3cccc(c23)S1(=O)=O. The molecule has 7 nitrogen and oxygen atoms in total. The highest BCUT2D eigenvalue weighted by molar-refractivity contribution is 7.93. The molecule has 1 aliphatic heterocycles. The Balaban J connectivity index is 1.50. The molecule has 4 rings (SSSR count). The van der Waals surface area contributed by atoms with Gasteiger partial charge in [-0.05, 0) is 42.3 Å². The first-order chi connectivity index (χ1) is 17.4. The van der Waals surface area contributed by atoms with Crippen molar-refractivity contribution in [3.63, 3.8) is 0 Å². The molecule has 1 N–H and O–H groups in total. The molecule has 3 aromatic carbocycles. The molecular formula is C28H33N3O4S. The smallest absolute Gasteiger partial charge is 0.265 e. The van der Waals surface area contributed by atoms with Crippen LogP contribution in [-0.2, 0) is 26.2 Å². The largest absolute Gasteiger partial charge is 0.354 e. The lowest BCUT2D eigenvalue weighted by atomic mass is 10.1. The Morgan fingerprint density at radius 2 is 1.69 bits per heavy atom. The van der Waals surface area contributed by atoms with Gasteiger partial charge in [-0.2, -0.15) is 0 Å². The first-order valence-corrected chi connectivity index (χ1v) is 14.0. The van der Waals surface area contributed by atoms with Gasteiger partial charge in [0.2, 0.25) is 11.8 Å². The van der Waals surface area contributed by atoms with Crippen LogP contribution in [0.2, 0.25) is 0 Å². The van der Waals surface area contributed by atoms with Crippen molar-refractivity contribution in [3.05, 3.63) is 72.3 Å². The van der Waals surface area contributed by atoms with Crippen molar-refractivity contribution in [2.24, 2.45) is 0 Å². The monoisotopic (exact) mass is 507 g/mol. The van der Waals surface area contributed by atoms with Crippen molar-refractivity contribution in [2.75, 3.05) is 17.4 Å². The molecule has 0 spiro atoms. The molecule has 0 radical (unpaired) electrons. The van der Waals surface area contributed by atoms with E-state index in [1.807, 2.05) is 68.4 Å². The molecule has 1 aliphatic rings. The highest BCUT2D eigenvalue weighted by Crippen LogP contribution is 2.42. The number of amides is 2. The van der Waals surface area contributed by atoms with E-state index in [-0.39, 0.29) is 24.8 Å². The van der Waals surface area contributed by atoms with Crippen LogP contribution < -0.4 is 9.62 Å². The molecule has 1 heterocycles. The fourth-order valence-electron chi connectivity index (χ4n) is 4.78. The van der Waals surface area contributed by atoms with Crippen LogP contribution in [0.15, 0.2) is 71.6 Å². The Morgan fingerprint density at radius 3 is 2.39 bits per heavy atom. The standard InChI is InChI=1S/C28H33N3O4S/c1-3-18-29-28(33)23(4-2)30(20-21-11-6-5-7-12-21)26(32)17-10-19-31-24-15-8-13-22-14-9-16-25(27(22)24)36(31,34)35/h5-9,11-16,23H,3-4,10,17-20H2,1-2H3,(H,29,33)/t23-/m1/s1. The Hall–Kier alpha value is -3.39. The van der Waals surface area contributed by atoms with Gasteiger partial charge in [0.15, 0.2) is 0 Å². The van der Waals surface area contributed by atoms with E-state index in [9.17, 15) is 18.0 Å². The number of benzene rings is 3. The van der Waals surface area contributed by atoms with Gasteiger partial charge in [-0.25, -0.2) is 8.42 Å². The normalized spacial score (nSPS) is 14.6. The van der Waals surface area contributed by atoms with Crippen LogP contribution in [0, 0.1) is 0 Å². The number of sulfonamides is 1. The molecule has 0 unspecified atom stereocenters.